The molecule has 1 spiro atoms. The van der Waals surface area contributed by atoms with Crippen LogP contribution in [0.25, 0.3) is 0 Å². The number of esters is 1. The van der Waals surface area contributed by atoms with Crippen LogP contribution in [0.15, 0.2) is 55.6 Å². The van der Waals surface area contributed by atoms with Crippen LogP contribution in [0, 0.1) is 17.8 Å². The van der Waals surface area contributed by atoms with Crippen molar-refractivity contribution in [2.75, 3.05) is 26.3 Å². The lowest BCUT2D eigenvalue weighted by Crippen LogP contribution is -2.56. The highest BCUT2D eigenvalue weighted by molar-refractivity contribution is 5.98. The van der Waals surface area contributed by atoms with Gasteiger partial charge >= 0.3 is 5.97 Å². The number of likely N-dealkylation sites (tertiary alicyclic amines) is 1. The Labute approximate surface area is 231 Å². The second-order valence-electron chi connectivity index (χ2n) is 11.3. The molecule has 3 aliphatic rings. The molecule has 8 nitrogen and oxygen atoms in total. The number of amides is 2. The number of carbonyl (C=O) groups is 3. The van der Waals surface area contributed by atoms with E-state index in [2.05, 4.69) is 13.2 Å². The van der Waals surface area contributed by atoms with Crippen LogP contribution in [-0.4, -0.2) is 76.2 Å². The lowest BCUT2D eigenvalue weighted by molar-refractivity contribution is -0.161. The molecule has 4 rings (SSSR count). The summed E-state index contributed by atoms with van der Waals surface area (Å²) in [5.41, 5.74) is -1.04. The first-order valence-electron chi connectivity index (χ1n) is 14.1. The second-order valence-corrected chi connectivity index (χ2v) is 11.3. The Balaban J connectivity index is 1.71. The van der Waals surface area contributed by atoms with Gasteiger partial charge in [0.15, 0.2) is 0 Å². The highest BCUT2D eigenvalue weighted by atomic mass is 16.6. The average molecular weight is 539 g/mol. The normalized spacial score (nSPS) is 30.7. The fourth-order valence-electron chi connectivity index (χ4n) is 6.96. The van der Waals surface area contributed by atoms with E-state index in [4.69, 9.17) is 14.6 Å². The summed E-state index contributed by atoms with van der Waals surface area (Å²) in [6.45, 7) is 12.7. The van der Waals surface area contributed by atoms with Crippen LogP contribution >= 0.6 is 0 Å². The molecule has 3 fully saturated rings. The number of unbranched alkanes of at least 4 members (excludes halogenated alkanes) is 3. The van der Waals surface area contributed by atoms with Gasteiger partial charge in [0.2, 0.25) is 11.8 Å². The summed E-state index contributed by atoms with van der Waals surface area (Å²) in [5.74, 6) is -2.53. The lowest BCUT2D eigenvalue weighted by atomic mass is 9.62. The van der Waals surface area contributed by atoms with Crippen molar-refractivity contribution in [3.05, 3.63) is 61.2 Å². The Kier molecular flexibility index (Phi) is 8.96. The van der Waals surface area contributed by atoms with E-state index in [1.165, 1.54) is 6.08 Å². The van der Waals surface area contributed by atoms with E-state index in [-0.39, 0.29) is 30.9 Å². The third-order valence-electron chi connectivity index (χ3n) is 8.83. The molecule has 2 bridgehead atoms. The number of hydrogen-bond acceptors (Lipinski definition) is 6. The van der Waals surface area contributed by atoms with Crippen LogP contribution in [-0.2, 0) is 30.4 Å². The molecule has 0 aromatic heterocycles. The Morgan fingerprint density at radius 1 is 1.18 bits per heavy atom. The molecule has 1 N–H and O–H groups in total. The fraction of sp³-hybridized carbons (Fsp3) is 0.581. The van der Waals surface area contributed by atoms with Crippen molar-refractivity contribution < 1.29 is 29.0 Å². The number of aliphatic hydroxyl groups is 1. The lowest BCUT2D eigenvalue weighted by Gasteiger charge is -2.37. The topological polar surface area (TPSA) is 96.4 Å². The number of aliphatic hydroxyl groups excluding tert-OH is 1. The molecular weight excluding hydrogens is 496 g/mol. The van der Waals surface area contributed by atoms with Crippen molar-refractivity contribution in [3.8, 4) is 0 Å². The number of nitrogens with zero attached hydrogens (tertiary/aromatic N) is 2. The van der Waals surface area contributed by atoms with Crippen molar-refractivity contribution in [1.29, 1.82) is 0 Å². The summed E-state index contributed by atoms with van der Waals surface area (Å²) in [5, 5.41) is 9.15. The van der Waals surface area contributed by atoms with Gasteiger partial charge in [0.25, 0.3) is 0 Å². The minimum Gasteiger partial charge on any atom is -0.461 e. The molecule has 0 aliphatic carbocycles. The summed E-state index contributed by atoms with van der Waals surface area (Å²) in [6, 6.07) is 8.88. The van der Waals surface area contributed by atoms with Crippen LogP contribution in [0.3, 0.4) is 0 Å². The minimum atomic E-state index is -1.11. The van der Waals surface area contributed by atoms with Gasteiger partial charge in [-0.1, -0.05) is 68.8 Å². The van der Waals surface area contributed by atoms with E-state index in [1.807, 2.05) is 44.2 Å². The highest BCUT2D eigenvalue weighted by Crippen LogP contribution is 2.65. The van der Waals surface area contributed by atoms with Crippen molar-refractivity contribution in [2.45, 2.75) is 69.7 Å². The van der Waals surface area contributed by atoms with Crippen LogP contribution in [0.1, 0.15) is 51.5 Å². The van der Waals surface area contributed by atoms with Crippen molar-refractivity contribution in [2.24, 2.45) is 17.8 Å². The van der Waals surface area contributed by atoms with Gasteiger partial charge in [0, 0.05) is 26.2 Å². The van der Waals surface area contributed by atoms with Crippen LogP contribution in [0.2, 0.25) is 0 Å². The van der Waals surface area contributed by atoms with E-state index in [9.17, 15) is 14.4 Å². The zero-order valence-electron chi connectivity index (χ0n) is 23.2. The maximum Gasteiger partial charge on any atom is 0.313 e. The molecule has 212 valence electrons. The Morgan fingerprint density at radius 2 is 1.90 bits per heavy atom. The molecule has 6 atom stereocenters. The number of hydrogen-bond donors (Lipinski definition) is 1. The largest absolute Gasteiger partial charge is 0.461 e. The van der Waals surface area contributed by atoms with Gasteiger partial charge in [-0.15, -0.1) is 6.58 Å². The van der Waals surface area contributed by atoms with Crippen LogP contribution < -0.4 is 0 Å². The zero-order valence-corrected chi connectivity index (χ0v) is 23.2. The molecule has 0 saturated carbocycles. The highest BCUT2D eigenvalue weighted by Gasteiger charge is 2.80. The summed E-state index contributed by atoms with van der Waals surface area (Å²) >= 11 is 0. The maximum absolute atomic E-state index is 14.5. The number of benzene rings is 1. The number of ether oxygens (including phenoxy) is 2. The fourth-order valence-corrected chi connectivity index (χ4v) is 6.96. The molecule has 1 aromatic rings. The van der Waals surface area contributed by atoms with Gasteiger partial charge in [-0.25, -0.2) is 0 Å². The van der Waals surface area contributed by atoms with Crippen LogP contribution in [0.5, 0.6) is 0 Å². The zero-order chi connectivity index (χ0) is 28.2. The molecule has 3 aliphatic heterocycles. The van der Waals surface area contributed by atoms with Gasteiger partial charge in [-0.05, 0) is 37.7 Å². The average Bonchev–Trinajstić information content (AvgIpc) is 3.43. The molecule has 3 unspecified atom stereocenters. The number of fused-ring (bicyclic) bond motifs is 1. The Bertz CT molecular complexity index is 1080. The van der Waals surface area contributed by atoms with Gasteiger partial charge in [-0.3, -0.25) is 14.4 Å². The summed E-state index contributed by atoms with van der Waals surface area (Å²) in [6.07, 6.45) is 6.76. The monoisotopic (exact) mass is 538 g/mol. The number of carbonyl (C=O) groups excluding carboxylic acids is 3. The van der Waals surface area contributed by atoms with E-state index in [0.29, 0.717) is 38.9 Å². The maximum atomic E-state index is 14.5. The van der Waals surface area contributed by atoms with Gasteiger partial charge in [0.05, 0.1) is 11.5 Å². The molecule has 0 radical (unpaired) electrons. The molecule has 1 aromatic carbocycles. The van der Waals surface area contributed by atoms with E-state index in [0.717, 1.165) is 18.4 Å². The standard InChI is InChI=1S/C31H42N2O6/c1-5-16-32(21-23-14-10-9-11-15-23)28(36)26-31-20-22(3)30(4,39-31)25(29(37)38-19-6-2)24(31)27(35)33(26)17-12-7-8-13-18-34/h5-6,9-11,14-15,22,24-26,34H,1-2,7-8,12-13,16-21H2,3-4H3/t22?,24-,25-,26?,30+,31?/m0/s1. The van der Waals surface area contributed by atoms with E-state index in [1.54, 1.807) is 15.9 Å². The summed E-state index contributed by atoms with van der Waals surface area (Å²) in [7, 11) is 0. The molecular formula is C31H42N2O6. The van der Waals surface area contributed by atoms with Crippen molar-refractivity contribution in [3.63, 3.8) is 0 Å². The molecule has 3 heterocycles. The Hall–Kier alpha value is -2.97. The van der Waals surface area contributed by atoms with Gasteiger partial charge in [-0.2, -0.15) is 0 Å². The smallest absolute Gasteiger partial charge is 0.313 e. The van der Waals surface area contributed by atoms with Crippen molar-refractivity contribution in [1.82, 2.24) is 9.80 Å². The predicted molar refractivity (Wildman–Crippen MR) is 147 cm³/mol. The quantitative estimate of drug-likeness (QED) is 0.221. The molecule has 8 heteroatoms. The number of rotatable bonds is 14. The SMILES string of the molecule is C=CCOC(=O)[C@@H]1[C@H]2C(=O)N(CCCCCCO)C(C(=O)N(CC=C)Cc3ccccc3)C23CC(C)[C@@]1(C)O3. The predicted octanol–water partition coefficient (Wildman–Crippen LogP) is 3.49. The third-order valence-corrected chi connectivity index (χ3v) is 8.83. The second kappa shape index (κ2) is 12.0. The van der Waals surface area contributed by atoms with Crippen LogP contribution in [0.4, 0.5) is 0 Å². The minimum absolute atomic E-state index is 0.0504. The molecule has 2 amide bonds. The summed E-state index contributed by atoms with van der Waals surface area (Å²) in [4.78, 5) is 45.4. The first-order valence-corrected chi connectivity index (χ1v) is 14.1. The van der Waals surface area contributed by atoms with Crippen molar-refractivity contribution >= 4 is 17.8 Å². The van der Waals surface area contributed by atoms with E-state index < -0.39 is 35.0 Å². The summed E-state index contributed by atoms with van der Waals surface area (Å²) < 4.78 is 12.2. The van der Waals surface area contributed by atoms with Gasteiger partial charge in [0.1, 0.15) is 24.2 Å². The first-order chi connectivity index (χ1) is 18.7. The molecule has 39 heavy (non-hydrogen) atoms. The Morgan fingerprint density at radius 3 is 2.56 bits per heavy atom. The third kappa shape index (κ3) is 5.16. The first kappa shape index (κ1) is 29.0. The molecule has 3 saturated heterocycles. The van der Waals surface area contributed by atoms with Gasteiger partial charge < -0.3 is 24.4 Å². The van der Waals surface area contributed by atoms with E-state index >= 15 is 0 Å².